The van der Waals surface area contributed by atoms with E-state index in [1.54, 1.807) is 6.20 Å². The lowest BCUT2D eigenvalue weighted by molar-refractivity contribution is -0.142. The van der Waals surface area contributed by atoms with Crippen LogP contribution in [0.1, 0.15) is 101 Å². The van der Waals surface area contributed by atoms with E-state index in [-0.39, 0.29) is 96.0 Å². The zero-order chi connectivity index (χ0) is 59.4. The second kappa shape index (κ2) is 30.5. The standard InChI is InChI=1S/C52H84N18O11/c53-18-4-3-13-35(43(74)66-37(47(78)79)16-8-22-61-50(58)59)67-49(81)52(25-32(52)31-27-62-33-12-2-1-11-30(31)33)69-44(75)38-17-9-23-70(38)46(77)36(15-7-21-56)64-40(72)28-63-42(73)34(14-6-20-55)65-45(76)41(39(71)26-57)68-48(80)51(60)24-29(51)10-5-19-54/h1-2,11-12,16,27,29,32,34-36,38-39,41,62,71H,3-10,13-15,17-26,28,53-57,60H2,(H,63,73)(H,64,72)(H,65,76)(H,66,74)(H,67,81)(H,68,80)(H,69,75)(H,78,79)(H4,58,59,61)/b37-16-/t29-,32?,34-,35-,36+,38-,39-,41-,51?,52?/m0/s1. The van der Waals surface area contributed by atoms with Gasteiger partial charge in [-0.2, -0.15) is 0 Å². The third-order valence-electron chi connectivity index (χ3n) is 15.0. The highest BCUT2D eigenvalue weighted by atomic mass is 16.4. The first kappa shape index (κ1) is 64.5. The molecule has 10 atom stereocenters. The Morgan fingerprint density at radius 2 is 1.46 bits per heavy atom. The maximum atomic E-state index is 14.8. The van der Waals surface area contributed by atoms with Gasteiger partial charge in [0, 0.05) is 42.7 Å². The number of carboxylic acids is 1. The third-order valence-corrected chi connectivity index (χ3v) is 15.0. The van der Waals surface area contributed by atoms with Crippen LogP contribution < -0.4 is 83.1 Å². The summed E-state index contributed by atoms with van der Waals surface area (Å²) in [4.78, 5) is 133. The second-order valence-corrected chi connectivity index (χ2v) is 20.9. The minimum absolute atomic E-state index is 0.00183. The van der Waals surface area contributed by atoms with Crippen molar-refractivity contribution < 1.29 is 53.4 Å². The number of amides is 8. The number of nitrogens with zero attached hydrogens (tertiary/aromatic N) is 2. The summed E-state index contributed by atoms with van der Waals surface area (Å²) in [6, 6.07) is 0.849. The first-order valence-electron chi connectivity index (χ1n) is 27.6. The Kier molecular flexibility index (Phi) is 24.3. The number of aliphatic hydroxyl groups is 1. The number of benzene rings is 1. The molecule has 0 radical (unpaired) electrons. The Morgan fingerprint density at radius 1 is 0.790 bits per heavy atom. The van der Waals surface area contributed by atoms with Crippen molar-refractivity contribution in [1.29, 1.82) is 0 Å². The molecule has 5 rings (SSSR count). The highest BCUT2D eigenvalue weighted by molar-refractivity contribution is 6.03. The Morgan fingerprint density at radius 3 is 2.12 bits per heavy atom. The molecule has 8 amide bonds. The lowest BCUT2D eigenvalue weighted by Gasteiger charge is -2.31. The van der Waals surface area contributed by atoms with E-state index in [0.717, 1.165) is 10.9 Å². The topological polar surface area (TPSA) is 518 Å². The molecule has 1 saturated heterocycles. The third kappa shape index (κ3) is 17.4. The van der Waals surface area contributed by atoms with Crippen LogP contribution in [0, 0.1) is 5.92 Å². The van der Waals surface area contributed by atoms with Crippen LogP contribution in [0.5, 0.6) is 0 Å². The van der Waals surface area contributed by atoms with Crippen molar-refractivity contribution in [3.63, 3.8) is 0 Å². The van der Waals surface area contributed by atoms with E-state index in [0.29, 0.717) is 50.6 Å². The fraction of sp³-hybridized carbons (Fsp3) is 0.615. The molecule has 1 aromatic heterocycles. The van der Waals surface area contributed by atoms with E-state index >= 15 is 0 Å². The average molecular weight is 1140 g/mol. The van der Waals surface area contributed by atoms with E-state index < -0.39 is 125 Å². The number of para-hydroxylation sites is 1. The SMILES string of the molecule is NCCCC[C@H](NC(=O)C1(NC(=O)[C@@H]2CCCN2C(=O)[C@@H](CCCN)NC(=O)CNC(=O)[C@H](CCCN)NC(=O)[C@@H](NC(=O)C2(N)C[C@@H]2CCCN)[C@@H](O)CN)CC1c1c[nH]c2ccccc12)C(=O)N/C(=C\CCN=C(N)N)C(=O)O. The molecule has 3 unspecified atom stereocenters. The van der Waals surface area contributed by atoms with Gasteiger partial charge in [0.25, 0.3) is 0 Å². The number of carbonyl (C=O) groups is 9. The van der Waals surface area contributed by atoms with Crippen molar-refractivity contribution in [2.75, 3.05) is 52.4 Å². The largest absolute Gasteiger partial charge is 0.477 e. The molecule has 448 valence electrons. The molecule has 26 N–H and O–H groups in total. The van der Waals surface area contributed by atoms with Crippen LogP contribution in [0.2, 0.25) is 0 Å². The summed E-state index contributed by atoms with van der Waals surface area (Å²) >= 11 is 0. The van der Waals surface area contributed by atoms with Crippen LogP contribution in [0.15, 0.2) is 47.2 Å². The van der Waals surface area contributed by atoms with Crippen molar-refractivity contribution in [2.45, 2.75) is 143 Å². The van der Waals surface area contributed by atoms with Gasteiger partial charge in [-0.3, -0.25) is 43.3 Å². The van der Waals surface area contributed by atoms with Gasteiger partial charge in [0.15, 0.2) is 5.96 Å². The quantitative estimate of drug-likeness (QED) is 0.0133. The number of aliphatic carboxylic acids is 1. The number of guanidine groups is 1. The fourth-order valence-electron chi connectivity index (χ4n) is 10.2. The summed E-state index contributed by atoms with van der Waals surface area (Å²) in [5.74, 6) is -8.55. The molecule has 81 heavy (non-hydrogen) atoms. The molecule has 2 aliphatic carbocycles. The molecule has 2 aromatic rings. The number of unbranched alkanes of at least 4 members (excludes halogenated alkanes) is 1. The summed E-state index contributed by atoms with van der Waals surface area (Å²) in [7, 11) is 0. The van der Waals surface area contributed by atoms with Crippen LogP contribution in [0.25, 0.3) is 10.9 Å². The summed E-state index contributed by atoms with van der Waals surface area (Å²) in [6.45, 7) is -0.00250. The lowest BCUT2D eigenvalue weighted by Crippen LogP contribution is -2.61. The molecule has 2 saturated carbocycles. The molecular formula is C52H84N18O11. The van der Waals surface area contributed by atoms with Crippen LogP contribution in [-0.4, -0.2) is 179 Å². The van der Waals surface area contributed by atoms with E-state index in [2.05, 4.69) is 47.2 Å². The Bertz CT molecular complexity index is 2610. The van der Waals surface area contributed by atoms with Gasteiger partial charge in [-0.1, -0.05) is 24.3 Å². The van der Waals surface area contributed by atoms with Gasteiger partial charge in [0.2, 0.25) is 47.3 Å². The van der Waals surface area contributed by atoms with Crippen molar-refractivity contribution in [1.82, 2.24) is 47.1 Å². The smallest absolute Gasteiger partial charge is 0.352 e. The Labute approximate surface area is 469 Å². The number of carbonyl (C=O) groups excluding carboxylic acids is 8. The molecule has 29 nitrogen and oxygen atoms in total. The number of nitrogens with two attached hydrogens (primary N) is 8. The maximum absolute atomic E-state index is 14.8. The molecule has 3 aliphatic rings. The van der Waals surface area contributed by atoms with Crippen LogP contribution >= 0.6 is 0 Å². The molecule has 1 aromatic carbocycles. The van der Waals surface area contributed by atoms with Gasteiger partial charge in [0.1, 0.15) is 41.4 Å². The monoisotopic (exact) mass is 1140 g/mol. The number of fused-ring (bicyclic) bond motifs is 1. The molecule has 2 heterocycles. The van der Waals surface area contributed by atoms with Gasteiger partial charge < -0.3 is 103 Å². The highest BCUT2D eigenvalue weighted by Crippen LogP contribution is 2.54. The Hall–Kier alpha value is -7.28. The predicted molar refractivity (Wildman–Crippen MR) is 299 cm³/mol. The molecule has 3 fully saturated rings. The number of hydrogen-bond donors (Lipinski definition) is 18. The lowest BCUT2D eigenvalue weighted by atomic mass is 10.0. The average Bonchev–Trinajstić information content (AvgIpc) is 2.80. The van der Waals surface area contributed by atoms with Gasteiger partial charge in [0.05, 0.1) is 18.2 Å². The zero-order valence-electron chi connectivity index (χ0n) is 45.7. The van der Waals surface area contributed by atoms with E-state index in [9.17, 15) is 53.4 Å². The zero-order valence-corrected chi connectivity index (χ0v) is 45.7. The summed E-state index contributed by atoms with van der Waals surface area (Å²) < 4.78 is 0. The number of hydrogen-bond acceptors (Lipinski definition) is 17. The van der Waals surface area contributed by atoms with E-state index in [1.165, 1.54) is 11.0 Å². The van der Waals surface area contributed by atoms with Crippen molar-refractivity contribution in [3.8, 4) is 0 Å². The molecule has 1 aliphatic heterocycles. The van der Waals surface area contributed by atoms with E-state index in [1.807, 2.05) is 24.3 Å². The summed E-state index contributed by atoms with van der Waals surface area (Å²) in [5, 5.41) is 39.7. The minimum atomic E-state index is -1.65. The first-order valence-corrected chi connectivity index (χ1v) is 27.6. The summed E-state index contributed by atoms with van der Waals surface area (Å²) in [5.41, 5.74) is 43.8. The number of rotatable bonds is 35. The maximum Gasteiger partial charge on any atom is 0.352 e. The number of aliphatic hydroxyl groups excluding tert-OH is 1. The van der Waals surface area contributed by atoms with Gasteiger partial charge >= 0.3 is 5.97 Å². The van der Waals surface area contributed by atoms with Gasteiger partial charge in [-0.15, -0.1) is 0 Å². The number of aromatic nitrogens is 1. The molecule has 0 spiro atoms. The Balaban J connectivity index is 1.30. The van der Waals surface area contributed by atoms with Gasteiger partial charge in [-0.25, -0.2) is 4.79 Å². The number of carboxylic acid groups (broad SMARTS) is 1. The molecule has 0 bridgehead atoms. The van der Waals surface area contributed by atoms with Crippen LogP contribution in [0.4, 0.5) is 0 Å². The molecule has 29 heteroatoms. The molecular weight excluding hydrogens is 1050 g/mol. The number of aliphatic imine (C=N–C) groups is 1. The highest BCUT2D eigenvalue weighted by Gasteiger charge is 2.63. The summed E-state index contributed by atoms with van der Waals surface area (Å²) in [6.07, 6.45) is 5.16. The normalized spacial score (nSPS) is 22.0. The number of nitrogens with one attached hydrogen (secondary N) is 8. The van der Waals surface area contributed by atoms with E-state index in [4.69, 9.17) is 45.9 Å². The minimum Gasteiger partial charge on any atom is -0.477 e. The predicted octanol–water partition coefficient (Wildman–Crippen LogP) is -5.31. The number of aromatic amines is 1. The first-order chi connectivity index (χ1) is 38.7. The second-order valence-electron chi connectivity index (χ2n) is 20.9. The van der Waals surface area contributed by atoms with Crippen molar-refractivity contribution in [2.24, 2.45) is 56.8 Å². The van der Waals surface area contributed by atoms with Crippen LogP contribution in [0.3, 0.4) is 0 Å². The number of likely N-dealkylation sites (tertiary alicyclic amines) is 1. The number of H-pyrrole nitrogens is 1. The fourth-order valence-corrected chi connectivity index (χ4v) is 10.2. The van der Waals surface area contributed by atoms with Crippen molar-refractivity contribution >= 4 is 70.1 Å². The van der Waals surface area contributed by atoms with Gasteiger partial charge in [-0.05, 0) is 134 Å². The van der Waals surface area contributed by atoms with Crippen LogP contribution in [-0.2, 0) is 43.2 Å². The van der Waals surface area contributed by atoms with Crippen molar-refractivity contribution in [3.05, 3.63) is 47.8 Å².